The molecular formula is C16H17N5OS2. The van der Waals surface area contributed by atoms with Gasteiger partial charge in [-0.1, -0.05) is 17.8 Å². The Morgan fingerprint density at radius 3 is 2.83 bits per heavy atom. The largest absolute Gasteiger partial charge is 0.397 e. The van der Waals surface area contributed by atoms with E-state index in [0.717, 1.165) is 33.8 Å². The van der Waals surface area contributed by atoms with E-state index in [1.807, 2.05) is 6.92 Å². The van der Waals surface area contributed by atoms with Crippen LogP contribution in [0.4, 0.5) is 10.8 Å². The number of nitrogens with zero attached hydrogens (tertiary/aromatic N) is 3. The lowest BCUT2D eigenvalue weighted by atomic mass is 10.1. The first-order valence-corrected chi connectivity index (χ1v) is 9.57. The average molecular weight is 359 g/mol. The third kappa shape index (κ3) is 2.76. The number of thiophene rings is 1. The predicted octanol–water partition coefficient (Wildman–Crippen LogP) is 3.56. The van der Waals surface area contributed by atoms with Crippen LogP contribution in [0.5, 0.6) is 0 Å². The van der Waals surface area contributed by atoms with Gasteiger partial charge in [-0.3, -0.25) is 10.1 Å². The van der Waals surface area contributed by atoms with Gasteiger partial charge in [-0.15, -0.1) is 21.5 Å². The first kappa shape index (κ1) is 15.5. The van der Waals surface area contributed by atoms with Gasteiger partial charge in [0.1, 0.15) is 14.7 Å². The number of pyridine rings is 1. The zero-order valence-corrected chi connectivity index (χ0v) is 14.9. The first-order chi connectivity index (χ1) is 11.6. The van der Waals surface area contributed by atoms with E-state index in [-0.39, 0.29) is 5.91 Å². The van der Waals surface area contributed by atoms with Gasteiger partial charge < -0.3 is 5.73 Å². The number of rotatable bonds is 2. The second kappa shape index (κ2) is 6.10. The number of fused-ring (bicyclic) bond motifs is 2. The van der Waals surface area contributed by atoms with E-state index in [1.54, 1.807) is 0 Å². The Morgan fingerprint density at radius 1 is 1.21 bits per heavy atom. The number of nitrogens with one attached hydrogen (secondary N) is 1. The van der Waals surface area contributed by atoms with Crippen molar-refractivity contribution in [1.82, 2.24) is 15.2 Å². The molecule has 124 valence electrons. The molecule has 0 unspecified atom stereocenters. The number of hydrogen-bond donors (Lipinski definition) is 2. The summed E-state index contributed by atoms with van der Waals surface area (Å²) in [7, 11) is 0. The molecule has 0 radical (unpaired) electrons. The number of amides is 1. The number of hydrogen-bond acceptors (Lipinski definition) is 7. The molecule has 0 saturated carbocycles. The molecule has 3 aromatic rings. The molecule has 0 spiro atoms. The minimum Gasteiger partial charge on any atom is -0.397 e. The second-order valence-corrected chi connectivity index (χ2v) is 8.11. The van der Waals surface area contributed by atoms with Crippen LogP contribution in [0.1, 0.15) is 45.2 Å². The molecule has 3 N–H and O–H groups in total. The van der Waals surface area contributed by atoms with E-state index in [9.17, 15) is 4.79 Å². The molecular weight excluding hydrogens is 342 g/mol. The van der Waals surface area contributed by atoms with Gasteiger partial charge in [0.15, 0.2) is 0 Å². The van der Waals surface area contributed by atoms with Gasteiger partial charge in [0.2, 0.25) is 5.13 Å². The number of aromatic nitrogens is 3. The molecule has 3 aromatic heterocycles. The van der Waals surface area contributed by atoms with Gasteiger partial charge in [0, 0.05) is 11.1 Å². The third-order valence-electron chi connectivity index (χ3n) is 4.20. The van der Waals surface area contributed by atoms with Crippen LogP contribution in [-0.2, 0) is 12.8 Å². The van der Waals surface area contributed by atoms with Crippen LogP contribution in [-0.4, -0.2) is 21.1 Å². The van der Waals surface area contributed by atoms with E-state index in [1.165, 1.54) is 47.5 Å². The Morgan fingerprint density at radius 2 is 2.04 bits per heavy atom. The van der Waals surface area contributed by atoms with Crippen LogP contribution in [0.15, 0.2) is 6.07 Å². The summed E-state index contributed by atoms with van der Waals surface area (Å²) in [5.74, 6) is -0.248. The van der Waals surface area contributed by atoms with E-state index in [4.69, 9.17) is 10.7 Å². The van der Waals surface area contributed by atoms with Crippen LogP contribution >= 0.6 is 22.7 Å². The highest BCUT2D eigenvalue weighted by Crippen LogP contribution is 2.35. The summed E-state index contributed by atoms with van der Waals surface area (Å²) in [5.41, 5.74) is 9.19. The highest BCUT2D eigenvalue weighted by Gasteiger charge is 2.20. The van der Waals surface area contributed by atoms with Crippen LogP contribution in [0.3, 0.4) is 0 Å². The topological polar surface area (TPSA) is 93.8 Å². The highest BCUT2D eigenvalue weighted by molar-refractivity contribution is 7.21. The van der Waals surface area contributed by atoms with Crippen molar-refractivity contribution in [2.75, 3.05) is 11.1 Å². The molecule has 0 bridgehead atoms. The van der Waals surface area contributed by atoms with Gasteiger partial charge in [-0.2, -0.15) is 0 Å². The molecule has 6 nitrogen and oxygen atoms in total. The van der Waals surface area contributed by atoms with Crippen molar-refractivity contribution in [2.24, 2.45) is 0 Å². The zero-order valence-electron chi connectivity index (χ0n) is 13.3. The maximum absolute atomic E-state index is 12.5. The van der Waals surface area contributed by atoms with Crippen molar-refractivity contribution < 1.29 is 4.79 Å². The fraction of sp³-hybridized carbons (Fsp3) is 0.375. The quantitative estimate of drug-likeness (QED) is 0.682. The molecule has 0 fully saturated rings. The van der Waals surface area contributed by atoms with Crippen molar-refractivity contribution in [2.45, 2.75) is 39.0 Å². The molecule has 0 atom stereocenters. The smallest absolute Gasteiger partial charge is 0.269 e. The monoisotopic (exact) mass is 359 g/mol. The number of nitrogen functional groups attached to an aromatic ring is 1. The lowest BCUT2D eigenvalue weighted by molar-refractivity contribution is 0.103. The summed E-state index contributed by atoms with van der Waals surface area (Å²) in [6, 6.07) is 2.13. The Labute approximate surface area is 147 Å². The van der Waals surface area contributed by atoms with Gasteiger partial charge >= 0.3 is 0 Å². The number of anilines is 2. The Bertz CT molecular complexity index is 930. The van der Waals surface area contributed by atoms with Gasteiger partial charge in [-0.05, 0) is 44.2 Å². The molecule has 0 aliphatic heterocycles. The highest BCUT2D eigenvalue weighted by atomic mass is 32.1. The Hall–Kier alpha value is -2.06. The van der Waals surface area contributed by atoms with Crippen molar-refractivity contribution in [3.05, 3.63) is 27.2 Å². The normalized spacial score (nSPS) is 14.4. The zero-order chi connectivity index (χ0) is 16.7. The predicted molar refractivity (Wildman–Crippen MR) is 97.9 cm³/mol. The molecule has 0 saturated heterocycles. The van der Waals surface area contributed by atoms with E-state index in [0.29, 0.717) is 15.7 Å². The summed E-state index contributed by atoms with van der Waals surface area (Å²) >= 11 is 2.69. The van der Waals surface area contributed by atoms with E-state index in [2.05, 4.69) is 21.6 Å². The lowest BCUT2D eigenvalue weighted by Gasteiger charge is -2.04. The SMILES string of the molecule is Cc1nnc(NC(=O)c2sc3nc4c(cc3c2N)CCCCC4)s1. The van der Waals surface area contributed by atoms with Gasteiger partial charge in [-0.25, -0.2) is 4.98 Å². The fourth-order valence-electron chi connectivity index (χ4n) is 3.01. The molecule has 8 heteroatoms. The van der Waals surface area contributed by atoms with Crippen LogP contribution in [0.25, 0.3) is 10.2 Å². The number of nitrogens with two attached hydrogens (primary N) is 1. The number of aryl methyl sites for hydroxylation is 3. The number of carbonyl (C=O) groups excluding carboxylic acids is 1. The molecule has 1 aliphatic rings. The second-order valence-electron chi connectivity index (χ2n) is 5.93. The lowest BCUT2D eigenvalue weighted by Crippen LogP contribution is -2.11. The molecule has 3 heterocycles. The van der Waals surface area contributed by atoms with Crippen LogP contribution in [0, 0.1) is 6.92 Å². The molecule has 1 aliphatic carbocycles. The maximum atomic E-state index is 12.5. The van der Waals surface area contributed by atoms with Gasteiger partial charge in [0.05, 0.1) is 5.69 Å². The molecule has 24 heavy (non-hydrogen) atoms. The van der Waals surface area contributed by atoms with Crippen molar-refractivity contribution in [3.8, 4) is 0 Å². The summed E-state index contributed by atoms with van der Waals surface area (Å²) < 4.78 is 0. The van der Waals surface area contributed by atoms with Crippen LogP contribution in [0.2, 0.25) is 0 Å². The Balaban J connectivity index is 1.71. The molecule has 1 amide bonds. The van der Waals surface area contributed by atoms with Crippen molar-refractivity contribution in [3.63, 3.8) is 0 Å². The van der Waals surface area contributed by atoms with E-state index >= 15 is 0 Å². The summed E-state index contributed by atoms with van der Waals surface area (Å²) in [6.07, 6.45) is 5.66. The standard InChI is InChI=1S/C16H17N5OS2/c1-8-20-21-16(23-8)19-14(22)13-12(17)10-7-9-5-3-2-4-6-11(9)18-15(10)24-13/h7H,2-6,17H2,1H3,(H,19,21,22). The third-order valence-corrected chi connectivity index (χ3v) is 6.07. The first-order valence-electron chi connectivity index (χ1n) is 7.94. The summed E-state index contributed by atoms with van der Waals surface area (Å²) in [6.45, 7) is 1.85. The maximum Gasteiger partial charge on any atom is 0.269 e. The van der Waals surface area contributed by atoms with Gasteiger partial charge in [0.25, 0.3) is 5.91 Å². The number of carbonyl (C=O) groups is 1. The average Bonchev–Trinajstić information content (AvgIpc) is 3.01. The minimum atomic E-state index is -0.248. The van der Waals surface area contributed by atoms with Crippen LogP contribution < -0.4 is 11.1 Å². The minimum absolute atomic E-state index is 0.248. The fourth-order valence-corrected chi connectivity index (χ4v) is 4.58. The Kier molecular flexibility index (Phi) is 3.93. The van der Waals surface area contributed by atoms with E-state index < -0.39 is 0 Å². The summed E-state index contributed by atoms with van der Waals surface area (Å²) in [5, 5.41) is 12.8. The molecule has 0 aromatic carbocycles. The molecule has 4 rings (SSSR count). The summed E-state index contributed by atoms with van der Waals surface area (Å²) in [4.78, 5) is 18.6. The van der Waals surface area contributed by atoms with Crippen molar-refractivity contribution in [1.29, 1.82) is 0 Å². The van der Waals surface area contributed by atoms with Crippen molar-refractivity contribution >= 4 is 49.6 Å².